The van der Waals surface area contributed by atoms with Crippen LogP contribution in [0, 0.1) is 17.8 Å². The molecule has 8 atom stereocenters. The van der Waals surface area contributed by atoms with E-state index in [0.29, 0.717) is 24.8 Å². The summed E-state index contributed by atoms with van der Waals surface area (Å²) in [6.07, 6.45) is 5.09. The average molecular weight is 661 g/mol. The highest BCUT2D eigenvalue weighted by molar-refractivity contribution is 9.09. The Labute approximate surface area is 258 Å². The smallest absolute Gasteiger partial charge is 0.310 e. The molecule has 1 N–H and O–H groups in total. The van der Waals surface area contributed by atoms with E-state index in [2.05, 4.69) is 39.4 Å². The van der Waals surface area contributed by atoms with Crippen LogP contribution < -0.4 is 0 Å². The summed E-state index contributed by atoms with van der Waals surface area (Å²) < 4.78 is 6.42. The Morgan fingerprint density at radius 3 is 2.79 bits per heavy atom. The van der Waals surface area contributed by atoms with Gasteiger partial charge in [-0.2, -0.15) is 0 Å². The molecule has 1 aromatic carbocycles. The minimum atomic E-state index is -0.892. The zero-order valence-corrected chi connectivity index (χ0v) is 26.4. The van der Waals surface area contributed by atoms with Gasteiger partial charge < -0.3 is 19.6 Å². The summed E-state index contributed by atoms with van der Waals surface area (Å²) >= 11 is 5.34. The normalized spacial score (nSPS) is 29.4. The van der Waals surface area contributed by atoms with Crippen molar-refractivity contribution < 1.29 is 24.2 Å². The number of esters is 1. The van der Waals surface area contributed by atoms with Crippen molar-refractivity contribution in [2.45, 2.75) is 66.7 Å². The average Bonchev–Trinajstić information content (AvgIpc) is 3.70. The number of thioether (sulfide) groups is 1. The van der Waals surface area contributed by atoms with Gasteiger partial charge in [0.15, 0.2) is 0 Å². The molecule has 12 heteroatoms. The highest BCUT2D eigenvalue weighted by Gasteiger charge is 2.76. The summed E-state index contributed by atoms with van der Waals surface area (Å²) in [7, 11) is 0. The van der Waals surface area contributed by atoms with Crippen LogP contribution in [0.3, 0.4) is 0 Å². The van der Waals surface area contributed by atoms with E-state index in [1.54, 1.807) is 38.4 Å². The number of aliphatic hydroxyl groups is 1. The SMILES string of the molecule is C=CCCOC(=O)[C@H]1[C@@H]2SC3(CC2Br)C(C(=O)N(CC=C)Cn2nnc4ccccc42)N([C@@H](CO)[C@@H](C)CC)C(=O)[C@H]13. The number of likely N-dealkylation sites (tertiary alicyclic amines) is 1. The highest BCUT2D eigenvalue weighted by Crippen LogP contribution is 2.68. The van der Waals surface area contributed by atoms with Crippen LogP contribution in [0.1, 0.15) is 33.1 Å². The molecule has 226 valence electrons. The van der Waals surface area contributed by atoms with E-state index in [4.69, 9.17) is 4.74 Å². The maximum Gasteiger partial charge on any atom is 0.310 e. The number of nitrogens with zero attached hydrogens (tertiary/aromatic N) is 5. The highest BCUT2D eigenvalue weighted by atomic mass is 79.9. The summed E-state index contributed by atoms with van der Waals surface area (Å²) in [6.45, 7) is 11.8. The fourth-order valence-electron chi connectivity index (χ4n) is 6.86. The lowest BCUT2D eigenvalue weighted by Gasteiger charge is -2.41. The van der Waals surface area contributed by atoms with Crippen LogP contribution >= 0.6 is 27.7 Å². The van der Waals surface area contributed by atoms with Crippen molar-refractivity contribution in [2.75, 3.05) is 19.8 Å². The Kier molecular flexibility index (Phi) is 9.15. The predicted octanol–water partition coefficient (Wildman–Crippen LogP) is 3.39. The van der Waals surface area contributed by atoms with E-state index < -0.39 is 34.6 Å². The Bertz CT molecular complexity index is 1370. The number of hydrogen-bond donors (Lipinski definition) is 1. The molecule has 3 saturated heterocycles. The Morgan fingerprint density at radius 2 is 2.10 bits per heavy atom. The molecule has 0 saturated carbocycles. The third-order valence-corrected chi connectivity index (χ3v) is 12.3. The second-order valence-corrected chi connectivity index (χ2v) is 14.1. The molecule has 2 amide bonds. The molecular weight excluding hydrogens is 622 g/mol. The van der Waals surface area contributed by atoms with E-state index in [-0.39, 0.29) is 54.2 Å². The van der Waals surface area contributed by atoms with Gasteiger partial charge in [-0.25, -0.2) is 4.68 Å². The molecule has 0 radical (unpaired) electrons. The zero-order valence-electron chi connectivity index (χ0n) is 24.0. The molecule has 0 aliphatic carbocycles. The summed E-state index contributed by atoms with van der Waals surface area (Å²) in [6, 6.07) is 6.04. The summed E-state index contributed by atoms with van der Waals surface area (Å²) in [5.74, 6) is -2.46. The first-order valence-corrected chi connectivity index (χ1v) is 16.2. The Hall–Kier alpha value is -2.70. The van der Waals surface area contributed by atoms with Crippen LogP contribution in [-0.4, -0.2) is 94.4 Å². The predicted molar refractivity (Wildman–Crippen MR) is 165 cm³/mol. The maximum absolute atomic E-state index is 14.8. The first-order chi connectivity index (χ1) is 20.2. The van der Waals surface area contributed by atoms with Crippen molar-refractivity contribution in [1.29, 1.82) is 0 Å². The van der Waals surface area contributed by atoms with Gasteiger partial charge in [-0.3, -0.25) is 14.4 Å². The fourth-order valence-corrected chi connectivity index (χ4v) is 10.4. The molecule has 3 fully saturated rings. The number of fused-ring (bicyclic) bond motifs is 2. The molecule has 3 aliphatic heterocycles. The van der Waals surface area contributed by atoms with E-state index in [9.17, 15) is 19.5 Å². The molecule has 42 heavy (non-hydrogen) atoms. The molecule has 1 spiro atoms. The van der Waals surface area contributed by atoms with Crippen LogP contribution in [0.5, 0.6) is 0 Å². The van der Waals surface area contributed by atoms with Crippen molar-refractivity contribution in [2.24, 2.45) is 17.8 Å². The molecular formula is C30H38BrN5O5S. The number of alkyl halides is 1. The molecule has 4 heterocycles. The fraction of sp³-hybridized carbons (Fsp3) is 0.567. The van der Waals surface area contributed by atoms with Gasteiger partial charge in [0.2, 0.25) is 11.8 Å². The quantitative estimate of drug-likeness (QED) is 0.151. The van der Waals surface area contributed by atoms with Gasteiger partial charge in [0.1, 0.15) is 18.2 Å². The third kappa shape index (κ3) is 4.98. The molecule has 1 aromatic heterocycles. The Balaban J connectivity index is 1.57. The molecule has 2 bridgehead atoms. The molecule has 5 rings (SSSR count). The number of halogens is 1. The molecule has 3 unspecified atom stereocenters. The number of ether oxygens (including phenoxy) is 1. The lowest BCUT2D eigenvalue weighted by atomic mass is 9.71. The number of hydrogen-bond acceptors (Lipinski definition) is 8. The van der Waals surface area contributed by atoms with Gasteiger partial charge in [-0.05, 0) is 30.9 Å². The van der Waals surface area contributed by atoms with Crippen molar-refractivity contribution in [3.63, 3.8) is 0 Å². The van der Waals surface area contributed by atoms with E-state index >= 15 is 0 Å². The summed E-state index contributed by atoms with van der Waals surface area (Å²) in [5.41, 5.74) is 1.49. The van der Waals surface area contributed by atoms with Gasteiger partial charge in [-0.15, -0.1) is 30.0 Å². The number of aliphatic hydroxyl groups excluding tert-OH is 1. The van der Waals surface area contributed by atoms with Crippen molar-refractivity contribution in [1.82, 2.24) is 24.8 Å². The summed E-state index contributed by atoms with van der Waals surface area (Å²) in [4.78, 5) is 45.9. The van der Waals surface area contributed by atoms with Crippen LogP contribution in [0.4, 0.5) is 0 Å². The number of para-hydroxylation sites is 1. The molecule has 3 aliphatic rings. The van der Waals surface area contributed by atoms with Crippen molar-refractivity contribution in [3.05, 3.63) is 49.6 Å². The van der Waals surface area contributed by atoms with Crippen LogP contribution in [-0.2, 0) is 25.8 Å². The number of rotatable bonds is 13. The first-order valence-electron chi connectivity index (χ1n) is 14.4. The van der Waals surface area contributed by atoms with Gasteiger partial charge in [0.05, 0.1) is 41.4 Å². The van der Waals surface area contributed by atoms with Gasteiger partial charge in [0.25, 0.3) is 0 Å². The van der Waals surface area contributed by atoms with E-state index in [1.165, 1.54) is 0 Å². The molecule has 10 nitrogen and oxygen atoms in total. The topological polar surface area (TPSA) is 118 Å². The zero-order chi connectivity index (χ0) is 30.2. The monoisotopic (exact) mass is 659 g/mol. The van der Waals surface area contributed by atoms with Crippen molar-refractivity contribution >= 4 is 56.5 Å². The number of aromatic nitrogens is 3. The number of carbonyl (C=O) groups is 3. The largest absolute Gasteiger partial charge is 0.465 e. The summed E-state index contributed by atoms with van der Waals surface area (Å²) in [5, 5.41) is 18.9. The van der Waals surface area contributed by atoms with E-state index in [0.717, 1.165) is 5.52 Å². The Morgan fingerprint density at radius 1 is 1.33 bits per heavy atom. The van der Waals surface area contributed by atoms with Crippen molar-refractivity contribution in [3.8, 4) is 0 Å². The second kappa shape index (κ2) is 12.5. The minimum Gasteiger partial charge on any atom is -0.465 e. The van der Waals surface area contributed by atoms with Crippen LogP contribution in [0.15, 0.2) is 49.6 Å². The van der Waals surface area contributed by atoms with E-state index in [1.807, 2.05) is 38.1 Å². The van der Waals surface area contributed by atoms with Crippen LogP contribution in [0.2, 0.25) is 0 Å². The first kappa shape index (κ1) is 30.7. The minimum absolute atomic E-state index is 0.0726. The standard InChI is InChI=1S/C30H38BrN5O5S/c1-5-8-14-41-29(40)23-24-27(38)36(22(16-37)18(4)7-3)26(30(24)15-19(31)25(23)42-30)28(39)34(13-6-2)17-35-21-12-10-9-11-20(21)32-33-35/h5-6,9-12,18-19,22-26,37H,1-2,7-8,13-17H2,3-4H3/t18-,19?,22-,23+,24-,25+,26?,30?/m0/s1. The lowest BCUT2D eigenvalue weighted by molar-refractivity contribution is -0.154. The second-order valence-electron chi connectivity index (χ2n) is 11.4. The van der Waals surface area contributed by atoms with Gasteiger partial charge in [-0.1, -0.05) is 65.7 Å². The van der Waals surface area contributed by atoms with Crippen LogP contribution in [0.25, 0.3) is 11.0 Å². The number of carbonyl (C=O) groups excluding carboxylic acids is 3. The molecule has 2 aromatic rings. The number of amides is 2. The van der Waals surface area contributed by atoms with Gasteiger partial charge in [0, 0.05) is 16.6 Å². The number of benzene rings is 1. The lowest BCUT2D eigenvalue weighted by Crippen LogP contribution is -2.59. The van der Waals surface area contributed by atoms with Gasteiger partial charge >= 0.3 is 5.97 Å². The maximum atomic E-state index is 14.8. The third-order valence-electron chi connectivity index (χ3n) is 9.03.